The number of carbonyl (C=O) groups is 1. The fraction of sp³-hybridized carbons (Fsp3) is 0.316. The summed E-state index contributed by atoms with van der Waals surface area (Å²) in [5, 5.41) is 0. The fourth-order valence-electron chi connectivity index (χ4n) is 2.76. The number of carbonyl (C=O) groups excluding carboxylic acids is 1. The van der Waals surface area contributed by atoms with Crippen molar-refractivity contribution in [2.75, 3.05) is 26.3 Å². The Balaban J connectivity index is 1.63. The van der Waals surface area contributed by atoms with E-state index in [2.05, 4.69) is 0 Å². The number of ether oxygens (including phenoxy) is 2. The summed E-state index contributed by atoms with van der Waals surface area (Å²) in [5.74, 6) is -0.927. The molecule has 0 saturated carbocycles. The Bertz CT molecular complexity index is 910. The number of hydrogen-bond donors (Lipinski definition) is 0. The Morgan fingerprint density at radius 3 is 2.52 bits per heavy atom. The maximum Gasteiger partial charge on any atom is 0.310 e. The van der Waals surface area contributed by atoms with Gasteiger partial charge < -0.3 is 9.47 Å². The Morgan fingerprint density at radius 2 is 1.78 bits per heavy atom. The van der Waals surface area contributed by atoms with Crippen LogP contribution in [0.1, 0.15) is 11.1 Å². The summed E-state index contributed by atoms with van der Waals surface area (Å²) in [4.78, 5) is 12.1. The molecule has 1 fully saturated rings. The Labute approximate surface area is 157 Å². The third-order valence-corrected chi connectivity index (χ3v) is 6.04. The van der Waals surface area contributed by atoms with E-state index in [0.29, 0.717) is 37.4 Å². The molecule has 2 aromatic carbocycles. The average Bonchev–Trinajstić information content (AvgIpc) is 2.67. The lowest BCUT2D eigenvalue weighted by Crippen LogP contribution is -2.40. The standard InChI is InChI=1S/C19H20FNO5S/c20-17-5-1-3-15(11-17)13-19(22)26-14-16-4-2-6-18(12-16)27(23,24)21-7-9-25-10-8-21/h1-6,11-12H,7-10,13-14H2. The van der Waals surface area contributed by atoms with Gasteiger partial charge in [-0.2, -0.15) is 4.31 Å². The quantitative estimate of drug-likeness (QED) is 0.703. The minimum absolute atomic E-state index is 0.0521. The van der Waals surface area contributed by atoms with Gasteiger partial charge in [0.25, 0.3) is 0 Å². The van der Waals surface area contributed by atoms with Gasteiger partial charge in [-0.25, -0.2) is 12.8 Å². The smallest absolute Gasteiger partial charge is 0.310 e. The number of rotatable bonds is 6. The fourth-order valence-corrected chi connectivity index (χ4v) is 4.24. The summed E-state index contributed by atoms with van der Waals surface area (Å²) in [7, 11) is -3.61. The molecule has 0 unspecified atom stereocenters. The zero-order valence-corrected chi connectivity index (χ0v) is 15.5. The number of esters is 1. The third kappa shape index (κ3) is 5.12. The van der Waals surface area contributed by atoms with Crippen LogP contribution in [0.15, 0.2) is 53.4 Å². The van der Waals surface area contributed by atoms with Gasteiger partial charge in [0.1, 0.15) is 12.4 Å². The van der Waals surface area contributed by atoms with E-state index in [0.717, 1.165) is 0 Å². The van der Waals surface area contributed by atoms with Crippen molar-refractivity contribution in [3.63, 3.8) is 0 Å². The van der Waals surface area contributed by atoms with Crippen LogP contribution >= 0.6 is 0 Å². The van der Waals surface area contributed by atoms with Gasteiger partial charge >= 0.3 is 5.97 Å². The minimum atomic E-state index is -3.61. The van der Waals surface area contributed by atoms with Gasteiger partial charge in [-0.3, -0.25) is 4.79 Å². The van der Waals surface area contributed by atoms with Crippen molar-refractivity contribution in [2.45, 2.75) is 17.9 Å². The Kier molecular flexibility index (Phi) is 6.20. The lowest BCUT2D eigenvalue weighted by Gasteiger charge is -2.26. The normalized spacial score (nSPS) is 15.4. The largest absolute Gasteiger partial charge is 0.461 e. The summed E-state index contributed by atoms with van der Waals surface area (Å²) in [6.45, 7) is 1.32. The predicted octanol–water partition coefficient (Wildman–Crippen LogP) is 2.13. The van der Waals surface area contributed by atoms with Crippen molar-refractivity contribution in [2.24, 2.45) is 0 Å². The number of hydrogen-bond acceptors (Lipinski definition) is 5. The zero-order valence-electron chi connectivity index (χ0n) is 14.6. The van der Waals surface area contributed by atoms with Crippen LogP contribution in [0.5, 0.6) is 0 Å². The lowest BCUT2D eigenvalue weighted by atomic mass is 10.1. The van der Waals surface area contributed by atoms with Crippen LogP contribution in [0.2, 0.25) is 0 Å². The van der Waals surface area contributed by atoms with E-state index in [-0.39, 0.29) is 17.9 Å². The molecule has 0 spiro atoms. The molecule has 2 aromatic rings. The molecule has 0 bridgehead atoms. The van der Waals surface area contributed by atoms with E-state index in [4.69, 9.17) is 9.47 Å². The van der Waals surface area contributed by atoms with Crippen LogP contribution in [0, 0.1) is 5.82 Å². The molecule has 3 rings (SSSR count). The van der Waals surface area contributed by atoms with Crippen molar-refractivity contribution in [3.05, 3.63) is 65.5 Å². The number of morpholine rings is 1. The van der Waals surface area contributed by atoms with E-state index in [1.807, 2.05) is 0 Å². The first-order valence-electron chi connectivity index (χ1n) is 8.52. The van der Waals surface area contributed by atoms with Crippen LogP contribution in [-0.4, -0.2) is 45.0 Å². The summed E-state index contributed by atoms with van der Waals surface area (Å²) in [6, 6.07) is 12.1. The lowest BCUT2D eigenvalue weighted by molar-refractivity contribution is -0.144. The van der Waals surface area contributed by atoms with Crippen LogP contribution in [0.3, 0.4) is 0 Å². The third-order valence-electron chi connectivity index (χ3n) is 4.14. The molecule has 144 valence electrons. The molecule has 1 heterocycles. The Hall–Kier alpha value is -2.29. The van der Waals surface area contributed by atoms with Crippen molar-refractivity contribution in [1.29, 1.82) is 0 Å². The first kappa shape index (κ1) is 19.5. The van der Waals surface area contributed by atoms with Gasteiger partial charge in [0.05, 0.1) is 24.5 Å². The first-order valence-corrected chi connectivity index (χ1v) is 9.96. The molecular formula is C19H20FNO5S. The summed E-state index contributed by atoms with van der Waals surface area (Å²) < 4.78 is 50.3. The van der Waals surface area contributed by atoms with E-state index in [1.54, 1.807) is 18.2 Å². The van der Waals surface area contributed by atoms with Crippen molar-refractivity contribution in [3.8, 4) is 0 Å². The monoisotopic (exact) mass is 393 g/mol. The molecule has 0 atom stereocenters. The summed E-state index contributed by atoms with van der Waals surface area (Å²) in [5.41, 5.74) is 1.08. The number of benzene rings is 2. The molecule has 6 nitrogen and oxygen atoms in total. The highest BCUT2D eigenvalue weighted by atomic mass is 32.2. The zero-order chi connectivity index (χ0) is 19.3. The minimum Gasteiger partial charge on any atom is -0.461 e. The molecule has 0 aliphatic carbocycles. The second-order valence-electron chi connectivity index (χ2n) is 6.13. The van der Waals surface area contributed by atoms with E-state index in [9.17, 15) is 17.6 Å². The molecule has 0 aromatic heterocycles. The highest BCUT2D eigenvalue weighted by molar-refractivity contribution is 7.89. The number of nitrogens with zero attached hydrogens (tertiary/aromatic N) is 1. The highest BCUT2D eigenvalue weighted by Gasteiger charge is 2.26. The van der Waals surface area contributed by atoms with Gasteiger partial charge in [-0.1, -0.05) is 24.3 Å². The van der Waals surface area contributed by atoms with Gasteiger partial charge in [0.15, 0.2) is 0 Å². The number of sulfonamides is 1. The summed E-state index contributed by atoms with van der Waals surface area (Å²) >= 11 is 0. The van der Waals surface area contributed by atoms with Crippen molar-refractivity contribution >= 4 is 16.0 Å². The van der Waals surface area contributed by atoms with Crippen molar-refractivity contribution in [1.82, 2.24) is 4.31 Å². The second-order valence-corrected chi connectivity index (χ2v) is 8.07. The Morgan fingerprint density at radius 1 is 1.07 bits per heavy atom. The van der Waals surface area contributed by atoms with Crippen LogP contribution in [0.4, 0.5) is 4.39 Å². The van der Waals surface area contributed by atoms with E-state index < -0.39 is 21.8 Å². The molecule has 0 radical (unpaired) electrons. The first-order chi connectivity index (χ1) is 12.9. The molecule has 8 heteroatoms. The van der Waals surface area contributed by atoms with Gasteiger partial charge in [0.2, 0.25) is 10.0 Å². The second kappa shape index (κ2) is 8.60. The summed E-state index contributed by atoms with van der Waals surface area (Å²) in [6.07, 6.45) is -0.0521. The molecule has 0 N–H and O–H groups in total. The molecule has 0 amide bonds. The van der Waals surface area contributed by atoms with Crippen LogP contribution < -0.4 is 0 Å². The molecule has 1 aliphatic rings. The van der Waals surface area contributed by atoms with E-state index >= 15 is 0 Å². The SMILES string of the molecule is O=C(Cc1cccc(F)c1)OCc1cccc(S(=O)(=O)N2CCOCC2)c1. The highest BCUT2D eigenvalue weighted by Crippen LogP contribution is 2.19. The molecular weight excluding hydrogens is 373 g/mol. The van der Waals surface area contributed by atoms with E-state index in [1.165, 1.54) is 34.6 Å². The van der Waals surface area contributed by atoms with Crippen LogP contribution in [0.25, 0.3) is 0 Å². The van der Waals surface area contributed by atoms with Gasteiger partial charge in [-0.15, -0.1) is 0 Å². The molecule has 27 heavy (non-hydrogen) atoms. The van der Waals surface area contributed by atoms with Gasteiger partial charge in [-0.05, 0) is 35.4 Å². The maximum absolute atomic E-state index is 13.2. The van der Waals surface area contributed by atoms with Crippen molar-refractivity contribution < 1.29 is 27.1 Å². The van der Waals surface area contributed by atoms with Gasteiger partial charge in [0, 0.05) is 13.1 Å². The number of halogens is 1. The molecule has 1 aliphatic heterocycles. The topological polar surface area (TPSA) is 72.9 Å². The van der Waals surface area contributed by atoms with Crippen LogP contribution in [-0.2, 0) is 37.3 Å². The molecule has 1 saturated heterocycles. The average molecular weight is 393 g/mol. The predicted molar refractivity (Wildman–Crippen MR) is 95.9 cm³/mol. The maximum atomic E-state index is 13.2.